The quantitative estimate of drug-likeness (QED) is 0.484. The molecule has 0 saturated carbocycles. The molecule has 0 aromatic carbocycles. The second-order valence-electron chi connectivity index (χ2n) is 5.84. The normalized spacial score (nSPS) is 39.3. The van der Waals surface area contributed by atoms with Gasteiger partial charge in [-0.3, -0.25) is 0 Å². The third-order valence-corrected chi connectivity index (χ3v) is 4.01. The Bertz CT molecular complexity index is 283. The molecular weight excluding hydrogens is 232 g/mol. The van der Waals surface area contributed by atoms with Gasteiger partial charge in [-0.1, -0.05) is 11.1 Å². The summed E-state index contributed by atoms with van der Waals surface area (Å²) in [5.74, 6) is 0. The Labute approximate surface area is 107 Å². The monoisotopic (exact) mass is 252 g/mol. The van der Waals surface area contributed by atoms with E-state index in [1.54, 1.807) is 11.1 Å². The van der Waals surface area contributed by atoms with Gasteiger partial charge in [-0.05, 0) is 25.7 Å². The van der Waals surface area contributed by atoms with Crippen molar-refractivity contribution in [3.8, 4) is 0 Å². The van der Waals surface area contributed by atoms with Gasteiger partial charge < -0.3 is 18.9 Å². The highest BCUT2D eigenvalue weighted by atomic mass is 16.6. The third-order valence-electron chi connectivity index (χ3n) is 4.01. The summed E-state index contributed by atoms with van der Waals surface area (Å²) in [5, 5.41) is 0. The molecule has 4 unspecified atom stereocenters. The van der Waals surface area contributed by atoms with E-state index in [2.05, 4.69) is 0 Å². The van der Waals surface area contributed by atoms with Crippen molar-refractivity contribution in [3.05, 3.63) is 11.1 Å². The summed E-state index contributed by atoms with van der Waals surface area (Å²) in [7, 11) is 0. The zero-order valence-electron chi connectivity index (χ0n) is 10.6. The van der Waals surface area contributed by atoms with Crippen LogP contribution in [0.1, 0.15) is 25.7 Å². The summed E-state index contributed by atoms with van der Waals surface area (Å²) in [5.41, 5.74) is 3.12. The first-order valence-corrected chi connectivity index (χ1v) is 7.03. The molecular formula is C14H20O4. The number of hydrogen-bond acceptors (Lipinski definition) is 4. The average molecular weight is 252 g/mol. The van der Waals surface area contributed by atoms with Gasteiger partial charge in [-0.15, -0.1) is 0 Å². The van der Waals surface area contributed by atoms with E-state index in [0.29, 0.717) is 24.4 Å². The molecule has 0 amide bonds. The van der Waals surface area contributed by atoms with Crippen LogP contribution in [0.3, 0.4) is 0 Å². The maximum atomic E-state index is 5.39. The van der Waals surface area contributed by atoms with Crippen LogP contribution in [-0.4, -0.2) is 50.8 Å². The van der Waals surface area contributed by atoms with E-state index < -0.39 is 0 Å². The molecule has 4 saturated heterocycles. The van der Waals surface area contributed by atoms with Crippen LogP contribution in [0.5, 0.6) is 0 Å². The van der Waals surface area contributed by atoms with Crippen LogP contribution in [0.15, 0.2) is 11.1 Å². The van der Waals surface area contributed by atoms with Crippen molar-refractivity contribution < 1.29 is 18.9 Å². The van der Waals surface area contributed by atoms with Gasteiger partial charge in [0.2, 0.25) is 0 Å². The van der Waals surface area contributed by atoms with Crippen molar-refractivity contribution in [1.82, 2.24) is 0 Å². The molecule has 4 heterocycles. The molecule has 0 aromatic heterocycles. The number of rotatable bonds is 8. The van der Waals surface area contributed by atoms with Gasteiger partial charge in [0, 0.05) is 0 Å². The molecule has 0 aromatic rings. The Kier molecular flexibility index (Phi) is 2.92. The van der Waals surface area contributed by atoms with Gasteiger partial charge in [0.15, 0.2) is 0 Å². The molecule has 18 heavy (non-hydrogen) atoms. The van der Waals surface area contributed by atoms with Crippen molar-refractivity contribution in [1.29, 1.82) is 0 Å². The molecule has 4 aliphatic heterocycles. The SMILES string of the molecule is C1OC1CC(CC1CO1)=C(CC1CO1)CC1CO1. The molecule has 4 aliphatic rings. The van der Waals surface area contributed by atoms with E-state index in [0.717, 1.165) is 52.1 Å². The fraction of sp³-hybridized carbons (Fsp3) is 0.857. The Morgan fingerprint density at radius 3 is 0.944 bits per heavy atom. The lowest BCUT2D eigenvalue weighted by molar-refractivity contribution is 0.377. The van der Waals surface area contributed by atoms with Crippen molar-refractivity contribution >= 4 is 0 Å². The Morgan fingerprint density at radius 2 is 0.778 bits per heavy atom. The number of ether oxygens (including phenoxy) is 4. The second kappa shape index (κ2) is 4.60. The van der Waals surface area contributed by atoms with E-state index in [1.807, 2.05) is 0 Å². The minimum Gasteiger partial charge on any atom is -0.373 e. The molecule has 4 nitrogen and oxygen atoms in total. The van der Waals surface area contributed by atoms with Gasteiger partial charge >= 0.3 is 0 Å². The summed E-state index contributed by atoms with van der Waals surface area (Å²) in [6, 6.07) is 0. The van der Waals surface area contributed by atoms with Gasteiger partial charge in [0.05, 0.1) is 50.8 Å². The van der Waals surface area contributed by atoms with Crippen molar-refractivity contribution in [2.45, 2.75) is 50.1 Å². The summed E-state index contributed by atoms with van der Waals surface area (Å²) in [6.45, 7) is 3.73. The summed E-state index contributed by atoms with van der Waals surface area (Å²) in [6.07, 6.45) is 6.23. The molecule has 4 fully saturated rings. The van der Waals surface area contributed by atoms with Gasteiger partial charge in [-0.25, -0.2) is 0 Å². The van der Waals surface area contributed by atoms with E-state index in [4.69, 9.17) is 18.9 Å². The predicted molar refractivity (Wildman–Crippen MR) is 64.5 cm³/mol. The van der Waals surface area contributed by atoms with Crippen LogP contribution in [0.4, 0.5) is 0 Å². The second-order valence-corrected chi connectivity index (χ2v) is 5.84. The molecule has 4 atom stereocenters. The Hall–Kier alpha value is -0.420. The Morgan fingerprint density at radius 1 is 0.556 bits per heavy atom. The lowest BCUT2D eigenvalue weighted by atomic mass is 9.92. The molecule has 0 bridgehead atoms. The standard InChI is InChI=1S/C14H20O4/c1(11-5-15-11)9(2-12-6-16-12)10(3-13-7-17-13)4-14-8-18-14/h11-14H,1-8H2. The summed E-state index contributed by atoms with van der Waals surface area (Å²) in [4.78, 5) is 0. The molecule has 0 spiro atoms. The van der Waals surface area contributed by atoms with Crippen LogP contribution in [0.25, 0.3) is 0 Å². The Balaban J connectivity index is 1.47. The van der Waals surface area contributed by atoms with Crippen LogP contribution in [0.2, 0.25) is 0 Å². The van der Waals surface area contributed by atoms with Gasteiger partial charge in [-0.2, -0.15) is 0 Å². The first-order valence-electron chi connectivity index (χ1n) is 7.03. The van der Waals surface area contributed by atoms with E-state index in [-0.39, 0.29) is 0 Å². The molecule has 4 rings (SSSR count). The predicted octanol–water partition coefficient (Wildman–Crippen LogP) is 1.44. The topological polar surface area (TPSA) is 50.1 Å². The zero-order valence-corrected chi connectivity index (χ0v) is 10.6. The highest BCUT2D eigenvalue weighted by Crippen LogP contribution is 2.35. The maximum absolute atomic E-state index is 5.39. The average Bonchev–Trinajstić information content (AvgIpc) is 3.19. The lowest BCUT2D eigenvalue weighted by Crippen LogP contribution is -2.05. The maximum Gasteiger partial charge on any atom is 0.0847 e. The largest absolute Gasteiger partial charge is 0.373 e. The summed E-state index contributed by atoms with van der Waals surface area (Å²) < 4.78 is 21.6. The fourth-order valence-electron chi connectivity index (χ4n) is 2.59. The number of epoxide rings is 4. The minimum atomic E-state index is 0.467. The van der Waals surface area contributed by atoms with Crippen LogP contribution in [-0.2, 0) is 18.9 Å². The van der Waals surface area contributed by atoms with Gasteiger partial charge in [0.1, 0.15) is 0 Å². The number of hydrogen-bond donors (Lipinski definition) is 0. The highest BCUT2D eigenvalue weighted by molar-refractivity contribution is 5.21. The van der Waals surface area contributed by atoms with E-state index in [9.17, 15) is 0 Å². The summed E-state index contributed by atoms with van der Waals surface area (Å²) >= 11 is 0. The van der Waals surface area contributed by atoms with Crippen molar-refractivity contribution in [2.75, 3.05) is 26.4 Å². The van der Waals surface area contributed by atoms with E-state index in [1.165, 1.54) is 0 Å². The molecule has 100 valence electrons. The smallest absolute Gasteiger partial charge is 0.0847 e. The van der Waals surface area contributed by atoms with Crippen molar-refractivity contribution in [3.63, 3.8) is 0 Å². The van der Waals surface area contributed by atoms with Crippen LogP contribution in [0, 0.1) is 0 Å². The van der Waals surface area contributed by atoms with E-state index >= 15 is 0 Å². The molecule has 4 heteroatoms. The molecule has 0 radical (unpaired) electrons. The van der Waals surface area contributed by atoms with Crippen molar-refractivity contribution in [2.24, 2.45) is 0 Å². The minimum absolute atomic E-state index is 0.467. The first kappa shape index (κ1) is 11.4. The van der Waals surface area contributed by atoms with Gasteiger partial charge in [0.25, 0.3) is 0 Å². The fourth-order valence-corrected chi connectivity index (χ4v) is 2.59. The van der Waals surface area contributed by atoms with Crippen LogP contribution >= 0.6 is 0 Å². The third kappa shape index (κ3) is 3.32. The highest BCUT2D eigenvalue weighted by Gasteiger charge is 2.34. The molecule has 0 N–H and O–H groups in total. The zero-order chi connectivity index (χ0) is 11.9. The van der Waals surface area contributed by atoms with Crippen LogP contribution < -0.4 is 0 Å². The first-order chi connectivity index (χ1) is 8.87. The lowest BCUT2D eigenvalue weighted by Gasteiger charge is -2.13. The molecule has 0 aliphatic carbocycles.